The van der Waals surface area contributed by atoms with Crippen molar-refractivity contribution in [2.45, 2.75) is 13.8 Å². The molecule has 0 saturated carbocycles. The number of methoxy groups -OCH3 is 1. The Morgan fingerprint density at radius 2 is 1.36 bits per heavy atom. The van der Waals surface area contributed by atoms with Crippen LogP contribution in [0.4, 0.5) is 5.69 Å². The Bertz CT molecular complexity index is 1440. The molecule has 0 amide bonds. The van der Waals surface area contributed by atoms with Crippen LogP contribution >= 0.6 is 0 Å². The molecule has 2 rings (SSSR count). The summed E-state index contributed by atoms with van der Waals surface area (Å²) in [6.07, 6.45) is 2.17. The van der Waals surface area contributed by atoms with Crippen LogP contribution < -0.4 is 14.2 Å². The van der Waals surface area contributed by atoms with Gasteiger partial charge >= 0.3 is 11.9 Å². The van der Waals surface area contributed by atoms with Crippen molar-refractivity contribution in [2.75, 3.05) is 12.2 Å². The molecular weight excluding hydrogens is 518 g/mol. The monoisotopic (exact) mass is 539 g/mol. The lowest BCUT2D eigenvalue weighted by Gasteiger charge is -2.13. The second-order valence-corrected chi connectivity index (χ2v) is 11.3. The van der Waals surface area contributed by atoms with Crippen LogP contribution in [0.25, 0.3) is 12.2 Å². The lowest BCUT2D eigenvalue weighted by molar-refractivity contribution is -0.384. The molecule has 2 aromatic rings. The van der Waals surface area contributed by atoms with Crippen molar-refractivity contribution in [1.29, 1.82) is 0 Å². The van der Waals surface area contributed by atoms with Gasteiger partial charge in [-0.3, -0.25) is 19.7 Å². The maximum absolute atomic E-state index is 12.4. The number of esters is 2. The fraction of sp³-hybridized carbons (Fsp3) is 0.182. The largest absolute Gasteiger partial charge is 0.493 e. The highest BCUT2D eigenvalue weighted by Crippen LogP contribution is 2.39. The molecule has 0 aliphatic carbocycles. The highest BCUT2D eigenvalue weighted by molar-refractivity contribution is 8.10. The number of nitrogens with zero attached hydrogens (tertiary/aromatic N) is 1. The number of sulfone groups is 2. The van der Waals surface area contributed by atoms with Gasteiger partial charge in [0.05, 0.1) is 12.0 Å². The van der Waals surface area contributed by atoms with Gasteiger partial charge in [-0.1, -0.05) is 0 Å². The Morgan fingerprint density at radius 1 is 0.861 bits per heavy atom. The van der Waals surface area contributed by atoms with Crippen LogP contribution in [0.1, 0.15) is 25.0 Å². The number of carbonyl (C=O) groups is 2. The Morgan fingerprint density at radius 3 is 1.83 bits per heavy atom. The van der Waals surface area contributed by atoms with Gasteiger partial charge in [0.25, 0.3) is 5.69 Å². The normalized spacial score (nSPS) is 12.0. The maximum Gasteiger partial charge on any atom is 0.308 e. The van der Waals surface area contributed by atoms with Gasteiger partial charge in [0.1, 0.15) is 0 Å². The summed E-state index contributed by atoms with van der Waals surface area (Å²) in [7, 11) is -7.27. The molecule has 0 atom stereocenters. The van der Waals surface area contributed by atoms with Crippen molar-refractivity contribution < 1.29 is 45.6 Å². The summed E-state index contributed by atoms with van der Waals surface area (Å²) in [6, 6.07) is 7.48. The fourth-order valence-electron chi connectivity index (χ4n) is 2.70. The molecule has 14 heteroatoms. The highest BCUT2D eigenvalue weighted by Gasteiger charge is 2.20. The minimum absolute atomic E-state index is 0.0420. The number of hydrogen-bond donors (Lipinski definition) is 0. The summed E-state index contributed by atoms with van der Waals surface area (Å²) < 4.78 is 64.6. The molecule has 0 N–H and O–H groups in total. The second-order valence-electron chi connectivity index (χ2n) is 7.14. The van der Waals surface area contributed by atoms with Crippen LogP contribution in [0, 0.1) is 10.1 Å². The summed E-state index contributed by atoms with van der Waals surface area (Å²) in [4.78, 5) is 32.9. The van der Waals surface area contributed by atoms with Gasteiger partial charge in [0, 0.05) is 36.8 Å². The fourth-order valence-corrected chi connectivity index (χ4v) is 5.89. The highest BCUT2D eigenvalue weighted by atomic mass is 32.3. The molecule has 0 aliphatic heterocycles. The number of nitro groups is 1. The van der Waals surface area contributed by atoms with Crippen LogP contribution in [0.3, 0.4) is 0 Å². The average Bonchev–Trinajstić information content (AvgIpc) is 2.76. The van der Waals surface area contributed by atoms with E-state index in [9.17, 15) is 36.5 Å². The van der Waals surface area contributed by atoms with Gasteiger partial charge in [-0.05, 0) is 47.5 Å². The molecule has 0 spiro atoms. The lowest BCUT2D eigenvalue weighted by atomic mass is 10.2. The van der Waals surface area contributed by atoms with E-state index in [4.69, 9.17) is 14.2 Å². The zero-order valence-electron chi connectivity index (χ0n) is 19.2. The first-order chi connectivity index (χ1) is 16.7. The molecule has 0 unspecified atom stereocenters. The number of ether oxygens (including phenoxy) is 3. The van der Waals surface area contributed by atoms with Crippen molar-refractivity contribution in [3.63, 3.8) is 0 Å². The zero-order chi connectivity index (χ0) is 27.1. The van der Waals surface area contributed by atoms with E-state index < -0.39 is 41.6 Å². The maximum atomic E-state index is 12.4. The van der Waals surface area contributed by atoms with Crippen molar-refractivity contribution in [3.8, 4) is 17.2 Å². The van der Waals surface area contributed by atoms with Crippen LogP contribution in [-0.2, 0) is 29.3 Å². The number of benzene rings is 2. The standard InChI is InChI=1S/C22H21NO11S2/c1-15(24)33-21-13-18(12-20(32-3)22(21)34-16(2)25)9-11-36(30,31)14-35(28,29)10-8-17-4-6-19(7-5-17)23(26)27/h4-13H,14H2,1-3H3/b10-8+,11-9+. The van der Waals surface area contributed by atoms with Crippen LogP contribution in [-0.4, -0.2) is 45.9 Å². The van der Waals surface area contributed by atoms with Crippen molar-refractivity contribution in [1.82, 2.24) is 0 Å². The third kappa shape index (κ3) is 8.63. The number of carbonyl (C=O) groups excluding carboxylic acids is 2. The first-order valence-electron chi connectivity index (χ1n) is 9.86. The van der Waals surface area contributed by atoms with Crippen molar-refractivity contribution in [3.05, 3.63) is 68.5 Å². The lowest BCUT2D eigenvalue weighted by Crippen LogP contribution is -2.12. The predicted octanol–water partition coefficient (Wildman–Crippen LogP) is 2.88. The Balaban J connectivity index is 2.28. The molecular formula is C22H21NO11S2. The van der Waals surface area contributed by atoms with E-state index in [1.165, 1.54) is 43.5 Å². The van der Waals surface area contributed by atoms with Crippen molar-refractivity contribution >= 4 is 49.5 Å². The summed E-state index contributed by atoms with van der Waals surface area (Å²) in [6.45, 7) is 2.22. The van der Waals surface area contributed by atoms with Crippen LogP contribution in [0.5, 0.6) is 17.2 Å². The molecule has 2 aromatic carbocycles. The van der Waals surface area contributed by atoms with Gasteiger partial charge < -0.3 is 14.2 Å². The van der Waals surface area contributed by atoms with Crippen LogP contribution in [0.2, 0.25) is 0 Å². The summed E-state index contributed by atoms with van der Waals surface area (Å²) in [5.74, 6) is -1.92. The molecule has 36 heavy (non-hydrogen) atoms. The third-order valence-electron chi connectivity index (χ3n) is 4.13. The summed E-state index contributed by atoms with van der Waals surface area (Å²) >= 11 is 0. The first-order valence-corrected chi connectivity index (χ1v) is 13.3. The third-order valence-corrected chi connectivity index (χ3v) is 7.86. The minimum atomic E-state index is -4.29. The second kappa shape index (κ2) is 11.6. The van der Waals surface area contributed by atoms with E-state index in [-0.39, 0.29) is 28.5 Å². The minimum Gasteiger partial charge on any atom is -0.493 e. The predicted molar refractivity (Wildman–Crippen MR) is 129 cm³/mol. The molecule has 0 radical (unpaired) electrons. The summed E-state index contributed by atoms with van der Waals surface area (Å²) in [5, 5.41) is 10.8. The summed E-state index contributed by atoms with van der Waals surface area (Å²) in [5.41, 5.74) is 0.272. The molecule has 192 valence electrons. The molecule has 0 aliphatic rings. The van der Waals surface area contributed by atoms with E-state index in [0.29, 0.717) is 16.4 Å². The smallest absolute Gasteiger partial charge is 0.308 e. The van der Waals surface area contributed by atoms with Gasteiger partial charge in [-0.2, -0.15) is 0 Å². The number of hydrogen-bond acceptors (Lipinski definition) is 11. The molecule has 0 fully saturated rings. The first kappa shape index (κ1) is 28.2. The zero-order valence-corrected chi connectivity index (χ0v) is 20.9. The molecule has 0 saturated heterocycles. The molecule has 0 bridgehead atoms. The molecule has 12 nitrogen and oxygen atoms in total. The molecule has 0 aromatic heterocycles. The number of rotatable bonds is 10. The van der Waals surface area contributed by atoms with Gasteiger partial charge in [-0.25, -0.2) is 16.8 Å². The Kier molecular flexibility index (Phi) is 9.08. The van der Waals surface area contributed by atoms with Gasteiger partial charge in [0.15, 0.2) is 36.3 Å². The van der Waals surface area contributed by atoms with E-state index in [1.54, 1.807) is 0 Å². The van der Waals surface area contributed by atoms with Crippen LogP contribution in [0.15, 0.2) is 47.2 Å². The average molecular weight is 540 g/mol. The number of non-ortho nitro benzene ring substituents is 1. The van der Waals surface area contributed by atoms with E-state index >= 15 is 0 Å². The quantitative estimate of drug-likeness (QED) is 0.188. The van der Waals surface area contributed by atoms with E-state index in [2.05, 4.69) is 0 Å². The number of nitro benzene ring substituents is 1. The Hall–Kier alpha value is -4.04. The van der Waals surface area contributed by atoms with E-state index in [1.807, 2.05) is 0 Å². The Labute approximate surface area is 206 Å². The SMILES string of the molecule is COc1cc(/C=C/S(=O)(=O)CS(=O)(=O)/C=C/c2ccc([N+](=O)[O-])cc2)cc(OC(C)=O)c1OC(C)=O. The van der Waals surface area contributed by atoms with E-state index in [0.717, 1.165) is 26.0 Å². The van der Waals surface area contributed by atoms with Gasteiger partial charge in [-0.15, -0.1) is 0 Å². The van der Waals surface area contributed by atoms with Gasteiger partial charge in [0.2, 0.25) is 5.75 Å². The molecule has 0 heterocycles. The van der Waals surface area contributed by atoms with Crippen molar-refractivity contribution in [2.24, 2.45) is 0 Å². The topological polar surface area (TPSA) is 173 Å².